The maximum atomic E-state index is 11.2. The van der Waals surface area contributed by atoms with Gasteiger partial charge in [-0.3, -0.25) is 14.3 Å². The lowest BCUT2D eigenvalue weighted by Crippen LogP contribution is -2.31. The summed E-state index contributed by atoms with van der Waals surface area (Å²) in [5, 5.41) is 8.57. The molecule has 0 fully saturated rings. The summed E-state index contributed by atoms with van der Waals surface area (Å²) in [5.41, 5.74) is -1.10. The van der Waals surface area contributed by atoms with Crippen LogP contribution in [0.4, 0.5) is 0 Å². The molecular weight excluding hydrogens is 182 g/mol. The number of nitriles is 1. The van der Waals surface area contributed by atoms with E-state index in [9.17, 15) is 9.59 Å². The van der Waals surface area contributed by atoms with Crippen LogP contribution in [0.15, 0.2) is 15.8 Å². The summed E-state index contributed by atoms with van der Waals surface area (Å²) in [6, 6.07) is 1.74. The second-order valence-corrected chi connectivity index (χ2v) is 2.96. The van der Waals surface area contributed by atoms with E-state index in [2.05, 4.69) is 4.98 Å². The maximum Gasteiger partial charge on any atom is 0.328 e. The number of aryl methyl sites for hydroxylation is 1. The number of H-pyrrole nitrogens is 1. The largest absolute Gasteiger partial charge is 0.328 e. The van der Waals surface area contributed by atoms with Crippen molar-refractivity contribution in [1.29, 1.82) is 5.26 Å². The Morgan fingerprint density at radius 3 is 2.86 bits per heavy atom. The average molecular weight is 193 g/mol. The van der Waals surface area contributed by atoms with E-state index in [0.29, 0.717) is 6.54 Å². The van der Waals surface area contributed by atoms with Crippen LogP contribution >= 0.6 is 0 Å². The minimum absolute atomic E-state index is 0.0271. The van der Waals surface area contributed by atoms with Gasteiger partial charge >= 0.3 is 5.69 Å². The van der Waals surface area contributed by atoms with Crippen molar-refractivity contribution in [3.8, 4) is 6.07 Å². The Balaban J connectivity index is 3.13. The van der Waals surface area contributed by atoms with Gasteiger partial charge in [-0.05, 0) is 6.42 Å². The van der Waals surface area contributed by atoms with Crippen LogP contribution in [0.2, 0.25) is 0 Å². The number of unbranched alkanes of at least 4 members (excludes halogenated alkanes) is 1. The molecule has 0 atom stereocenters. The van der Waals surface area contributed by atoms with Gasteiger partial charge < -0.3 is 0 Å². The number of aromatic amines is 1. The average Bonchev–Trinajstić information content (AvgIpc) is 2.17. The predicted octanol–water partition coefficient (Wildman–Crippen LogP) is 0.208. The van der Waals surface area contributed by atoms with Gasteiger partial charge in [0.05, 0.1) is 0 Å². The molecule has 14 heavy (non-hydrogen) atoms. The van der Waals surface area contributed by atoms with E-state index >= 15 is 0 Å². The quantitative estimate of drug-likeness (QED) is 0.745. The first-order valence-corrected chi connectivity index (χ1v) is 4.43. The molecule has 0 aliphatic carbocycles. The zero-order chi connectivity index (χ0) is 10.6. The van der Waals surface area contributed by atoms with Gasteiger partial charge in [0.2, 0.25) is 0 Å². The Hall–Kier alpha value is -1.83. The van der Waals surface area contributed by atoms with E-state index < -0.39 is 11.2 Å². The van der Waals surface area contributed by atoms with Gasteiger partial charge in [-0.25, -0.2) is 4.79 Å². The first kappa shape index (κ1) is 10.3. The molecule has 1 aromatic rings. The molecule has 0 bridgehead atoms. The predicted molar refractivity (Wildman–Crippen MR) is 50.9 cm³/mol. The third-order valence-corrected chi connectivity index (χ3v) is 1.88. The van der Waals surface area contributed by atoms with Crippen LogP contribution in [0.25, 0.3) is 0 Å². The molecule has 0 aliphatic rings. The van der Waals surface area contributed by atoms with Crippen molar-refractivity contribution in [2.45, 2.75) is 26.3 Å². The first-order valence-electron chi connectivity index (χ1n) is 4.43. The number of rotatable bonds is 3. The van der Waals surface area contributed by atoms with E-state index in [4.69, 9.17) is 5.26 Å². The smallest absolute Gasteiger partial charge is 0.299 e. The molecule has 1 rings (SSSR count). The standard InChI is InChI=1S/C9H11N3O2/c1-2-3-4-12-6-7(5-10)8(13)11-9(12)14/h6H,2-4H2,1H3,(H,11,13,14). The topological polar surface area (TPSA) is 78.7 Å². The summed E-state index contributed by atoms with van der Waals surface area (Å²) >= 11 is 0. The Morgan fingerprint density at radius 2 is 2.29 bits per heavy atom. The molecule has 1 aromatic heterocycles. The van der Waals surface area contributed by atoms with Crippen molar-refractivity contribution in [1.82, 2.24) is 9.55 Å². The molecule has 1 heterocycles. The van der Waals surface area contributed by atoms with Gasteiger partial charge in [0, 0.05) is 12.7 Å². The lowest BCUT2D eigenvalue weighted by atomic mass is 10.3. The van der Waals surface area contributed by atoms with Crippen molar-refractivity contribution in [2.75, 3.05) is 0 Å². The van der Waals surface area contributed by atoms with Crippen molar-refractivity contribution in [2.24, 2.45) is 0 Å². The van der Waals surface area contributed by atoms with Crippen LogP contribution in [0.5, 0.6) is 0 Å². The van der Waals surface area contributed by atoms with E-state index in [1.54, 1.807) is 6.07 Å². The fraction of sp³-hybridized carbons (Fsp3) is 0.444. The molecule has 0 aromatic carbocycles. The maximum absolute atomic E-state index is 11.2. The second kappa shape index (κ2) is 4.42. The fourth-order valence-corrected chi connectivity index (χ4v) is 1.08. The highest BCUT2D eigenvalue weighted by molar-refractivity contribution is 5.21. The van der Waals surface area contributed by atoms with Crippen molar-refractivity contribution >= 4 is 0 Å². The van der Waals surface area contributed by atoms with Gasteiger partial charge in [0.25, 0.3) is 5.56 Å². The third-order valence-electron chi connectivity index (χ3n) is 1.88. The lowest BCUT2D eigenvalue weighted by Gasteiger charge is -2.02. The molecule has 0 saturated carbocycles. The highest BCUT2D eigenvalue weighted by atomic mass is 16.2. The van der Waals surface area contributed by atoms with Gasteiger partial charge in [0.15, 0.2) is 0 Å². The third kappa shape index (κ3) is 2.10. The first-order chi connectivity index (χ1) is 6.69. The summed E-state index contributed by atoms with van der Waals surface area (Å²) in [4.78, 5) is 24.3. The molecule has 5 nitrogen and oxygen atoms in total. The molecule has 5 heteroatoms. The summed E-state index contributed by atoms with van der Waals surface area (Å²) < 4.78 is 1.35. The van der Waals surface area contributed by atoms with Crippen LogP contribution < -0.4 is 11.2 Å². The van der Waals surface area contributed by atoms with Gasteiger partial charge in [-0.2, -0.15) is 5.26 Å². The highest BCUT2D eigenvalue weighted by Gasteiger charge is 2.02. The minimum Gasteiger partial charge on any atom is -0.299 e. The molecule has 0 spiro atoms. The molecule has 74 valence electrons. The van der Waals surface area contributed by atoms with Crippen molar-refractivity contribution < 1.29 is 0 Å². The Kier molecular flexibility index (Phi) is 3.24. The fourth-order valence-electron chi connectivity index (χ4n) is 1.08. The number of hydrogen-bond donors (Lipinski definition) is 1. The van der Waals surface area contributed by atoms with Gasteiger partial charge in [0.1, 0.15) is 11.6 Å². The van der Waals surface area contributed by atoms with Gasteiger partial charge in [-0.15, -0.1) is 0 Å². The van der Waals surface area contributed by atoms with Crippen LogP contribution in [0, 0.1) is 11.3 Å². The van der Waals surface area contributed by atoms with Crippen LogP contribution in [0.1, 0.15) is 25.3 Å². The van der Waals surface area contributed by atoms with E-state index in [0.717, 1.165) is 12.8 Å². The Bertz CT molecular complexity index is 464. The number of nitrogens with zero attached hydrogens (tertiary/aromatic N) is 2. The minimum atomic E-state index is -0.620. The zero-order valence-corrected chi connectivity index (χ0v) is 7.91. The summed E-state index contributed by atoms with van der Waals surface area (Å²) in [6.07, 6.45) is 3.10. The van der Waals surface area contributed by atoms with E-state index in [-0.39, 0.29) is 5.56 Å². The Morgan fingerprint density at radius 1 is 1.57 bits per heavy atom. The normalized spacial score (nSPS) is 9.71. The van der Waals surface area contributed by atoms with Crippen LogP contribution in [-0.2, 0) is 6.54 Å². The molecule has 1 N–H and O–H groups in total. The van der Waals surface area contributed by atoms with Crippen molar-refractivity contribution in [3.63, 3.8) is 0 Å². The van der Waals surface area contributed by atoms with Crippen LogP contribution in [0.3, 0.4) is 0 Å². The summed E-state index contributed by atoms with van der Waals surface area (Å²) in [5.74, 6) is 0. The monoisotopic (exact) mass is 193 g/mol. The highest BCUT2D eigenvalue weighted by Crippen LogP contribution is 1.91. The van der Waals surface area contributed by atoms with Crippen LogP contribution in [-0.4, -0.2) is 9.55 Å². The molecule has 0 amide bonds. The summed E-state index contributed by atoms with van der Waals surface area (Å²) in [6.45, 7) is 2.53. The van der Waals surface area contributed by atoms with Gasteiger partial charge in [-0.1, -0.05) is 13.3 Å². The Labute approximate surface area is 80.6 Å². The SMILES string of the molecule is CCCCn1cc(C#N)c(=O)[nH]c1=O. The van der Waals surface area contributed by atoms with Crippen molar-refractivity contribution in [3.05, 3.63) is 32.6 Å². The molecule has 0 saturated heterocycles. The molecular formula is C9H11N3O2. The molecule has 0 radical (unpaired) electrons. The van der Waals surface area contributed by atoms with E-state index in [1.807, 2.05) is 6.92 Å². The molecule has 0 aliphatic heterocycles. The second-order valence-electron chi connectivity index (χ2n) is 2.96. The number of aromatic nitrogens is 2. The van der Waals surface area contributed by atoms with E-state index in [1.165, 1.54) is 10.8 Å². The lowest BCUT2D eigenvalue weighted by molar-refractivity contribution is 0.595. The molecule has 0 unspecified atom stereocenters. The zero-order valence-electron chi connectivity index (χ0n) is 7.91. The number of nitrogens with one attached hydrogen (secondary N) is 1. The number of hydrogen-bond acceptors (Lipinski definition) is 3. The summed E-state index contributed by atoms with van der Waals surface area (Å²) in [7, 11) is 0.